The first kappa shape index (κ1) is 28.6. The maximum absolute atomic E-state index is 12.9. The van der Waals surface area contributed by atoms with Gasteiger partial charge in [0.1, 0.15) is 0 Å². The molecule has 1 aliphatic carbocycles. The van der Waals surface area contributed by atoms with Crippen LogP contribution in [0, 0.1) is 5.92 Å². The molecule has 0 spiro atoms. The second-order valence-corrected chi connectivity index (χ2v) is 12.5. The third-order valence-corrected chi connectivity index (χ3v) is 9.13. The molecule has 3 fully saturated rings. The first-order valence-corrected chi connectivity index (χ1v) is 15.4. The summed E-state index contributed by atoms with van der Waals surface area (Å²) in [4.78, 5) is 32.2. The van der Waals surface area contributed by atoms with Crippen molar-refractivity contribution in [2.45, 2.75) is 62.2 Å². The molecule has 3 aliphatic rings. The van der Waals surface area contributed by atoms with Crippen LogP contribution in [0.2, 0.25) is 5.02 Å². The number of unbranched alkanes of at least 4 members (excludes halogenated alkanes) is 2. The maximum atomic E-state index is 12.9. The van der Waals surface area contributed by atoms with Crippen LogP contribution in [0.5, 0.6) is 0 Å². The Kier molecular flexibility index (Phi) is 10.9. The van der Waals surface area contributed by atoms with E-state index >= 15 is 0 Å². The van der Waals surface area contributed by atoms with Crippen molar-refractivity contribution in [1.29, 1.82) is 0 Å². The van der Waals surface area contributed by atoms with Gasteiger partial charge in [0, 0.05) is 67.3 Å². The van der Waals surface area contributed by atoms with Gasteiger partial charge >= 0.3 is 0 Å². The molecule has 1 saturated carbocycles. The van der Waals surface area contributed by atoms with Gasteiger partial charge in [0.15, 0.2) is 5.11 Å². The Morgan fingerprint density at radius 3 is 2.70 bits per heavy atom. The van der Waals surface area contributed by atoms with E-state index in [4.69, 9.17) is 23.8 Å². The SMILES string of the molecule is O=C(CCCCCN1C(=O)C2CC(Br)CCC2NC1=S)NCCCN1CCN(c2cccc(Cl)c2)CC1. The van der Waals surface area contributed by atoms with Gasteiger partial charge in [-0.1, -0.05) is 40.0 Å². The van der Waals surface area contributed by atoms with Crippen LogP contribution in [-0.2, 0) is 9.59 Å². The van der Waals surface area contributed by atoms with Gasteiger partial charge in [0.25, 0.3) is 0 Å². The third-order valence-electron chi connectivity index (χ3n) is 7.73. The number of rotatable bonds is 11. The third kappa shape index (κ3) is 8.28. The first-order valence-electron chi connectivity index (χ1n) is 13.7. The average molecular weight is 613 g/mol. The predicted octanol–water partition coefficient (Wildman–Crippen LogP) is 4.18. The summed E-state index contributed by atoms with van der Waals surface area (Å²) in [5.74, 6) is 0.300. The Hall–Kier alpha value is -1.42. The number of hydrogen-bond donors (Lipinski definition) is 2. The van der Waals surface area contributed by atoms with Crippen LogP contribution in [-0.4, -0.2) is 83.4 Å². The molecular formula is C27H39BrClN5O2S. The van der Waals surface area contributed by atoms with Gasteiger partial charge in [0.2, 0.25) is 11.8 Å². The Labute approximate surface area is 239 Å². The van der Waals surface area contributed by atoms with Crippen LogP contribution in [0.25, 0.3) is 0 Å². The summed E-state index contributed by atoms with van der Waals surface area (Å²) in [5.41, 5.74) is 1.19. The number of alkyl halides is 1. The Morgan fingerprint density at radius 1 is 1.11 bits per heavy atom. The zero-order chi connectivity index (χ0) is 26.2. The molecular weight excluding hydrogens is 574 g/mol. The molecule has 7 nitrogen and oxygen atoms in total. The van der Waals surface area contributed by atoms with Gasteiger partial charge in [0.05, 0.1) is 5.92 Å². The van der Waals surface area contributed by atoms with Crippen molar-refractivity contribution in [1.82, 2.24) is 20.4 Å². The Morgan fingerprint density at radius 2 is 1.92 bits per heavy atom. The van der Waals surface area contributed by atoms with Crippen LogP contribution in [0.1, 0.15) is 51.4 Å². The smallest absolute Gasteiger partial charge is 0.233 e. The van der Waals surface area contributed by atoms with Crippen LogP contribution < -0.4 is 15.5 Å². The number of amides is 2. The second-order valence-electron chi connectivity index (χ2n) is 10.4. The maximum Gasteiger partial charge on any atom is 0.233 e. The number of benzene rings is 1. The predicted molar refractivity (Wildman–Crippen MR) is 157 cm³/mol. The lowest BCUT2D eigenvalue weighted by Gasteiger charge is -2.43. The van der Waals surface area contributed by atoms with E-state index in [1.54, 1.807) is 4.90 Å². The normalized spacial score (nSPS) is 24.5. The topological polar surface area (TPSA) is 67.9 Å². The Bertz CT molecular complexity index is 945. The number of thiocarbonyl (C=S) groups is 1. The van der Waals surface area contributed by atoms with Gasteiger partial charge in [-0.05, 0) is 75.5 Å². The number of nitrogens with zero attached hydrogens (tertiary/aromatic N) is 3. The summed E-state index contributed by atoms with van der Waals surface area (Å²) >= 11 is 15.3. The summed E-state index contributed by atoms with van der Waals surface area (Å²) in [6, 6.07) is 8.23. The fourth-order valence-electron chi connectivity index (χ4n) is 5.57. The van der Waals surface area contributed by atoms with Crippen molar-refractivity contribution in [2.75, 3.05) is 50.7 Å². The van der Waals surface area contributed by atoms with Gasteiger partial charge in [-0.25, -0.2) is 0 Å². The van der Waals surface area contributed by atoms with Crippen LogP contribution >= 0.6 is 39.7 Å². The monoisotopic (exact) mass is 611 g/mol. The molecule has 2 N–H and O–H groups in total. The molecule has 2 amide bonds. The molecule has 204 valence electrons. The summed E-state index contributed by atoms with van der Waals surface area (Å²) in [5, 5.41) is 7.80. The first-order chi connectivity index (χ1) is 17.9. The van der Waals surface area contributed by atoms with Gasteiger partial charge in [-0.15, -0.1) is 0 Å². The molecule has 3 unspecified atom stereocenters. The van der Waals surface area contributed by atoms with Gasteiger partial charge < -0.3 is 15.5 Å². The standard InChI is InChI=1S/C27H39BrClN5O2S/c28-20-9-10-24-23(18-20)26(36)34(27(37)31-24)13-3-1-2-8-25(35)30-11-5-12-32-14-16-33(17-15-32)22-7-4-6-21(29)19-22/h4,6-7,19-20,23-24H,1-3,5,8-18H2,(H,30,35)(H,31,37). The molecule has 2 heterocycles. The molecule has 1 aromatic rings. The minimum atomic E-state index is 0.0161. The van der Waals surface area contributed by atoms with E-state index in [1.807, 2.05) is 18.2 Å². The molecule has 0 aromatic heterocycles. The van der Waals surface area contributed by atoms with Crippen molar-refractivity contribution in [3.63, 3.8) is 0 Å². The molecule has 3 atom stereocenters. The van der Waals surface area contributed by atoms with E-state index in [-0.39, 0.29) is 23.8 Å². The van der Waals surface area contributed by atoms with E-state index in [2.05, 4.69) is 42.4 Å². The van der Waals surface area contributed by atoms with Crippen molar-refractivity contribution in [3.8, 4) is 0 Å². The van der Waals surface area contributed by atoms with E-state index in [0.29, 0.717) is 29.4 Å². The lowest BCUT2D eigenvalue weighted by molar-refractivity contribution is -0.135. The van der Waals surface area contributed by atoms with Crippen LogP contribution in [0.4, 0.5) is 5.69 Å². The van der Waals surface area contributed by atoms with E-state index in [9.17, 15) is 9.59 Å². The molecule has 4 rings (SSSR count). The second kappa shape index (κ2) is 14.1. The number of carbonyl (C=O) groups excluding carboxylic acids is 2. The summed E-state index contributed by atoms with van der Waals surface area (Å²) in [7, 11) is 0. The zero-order valence-electron chi connectivity index (χ0n) is 21.5. The number of hydrogen-bond acceptors (Lipinski definition) is 5. The zero-order valence-corrected chi connectivity index (χ0v) is 24.6. The molecule has 0 radical (unpaired) electrons. The number of anilines is 1. The van der Waals surface area contributed by atoms with Crippen molar-refractivity contribution in [2.24, 2.45) is 5.92 Å². The summed E-state index contributed by atoms with van der Waals surface area (Å²) in [6.45, 7) is 6.39. The number of nitrogens with one attached hydrogen (secondary N) is 2. The number of halogens is 2. The van der Waals surface area contributed by atoms with E-state index in [0.717, 1.165) is 82.7 Å². The highest BCUT2D eigenvalue weighted by Crippen LogP contribution is 2.33. The molecule has 37 heavy (non-hydrogen) atoms. The minimum Gasteiger partial charge on any atom is -0.369 e. The minimum absolute atomic E-state index is 0.0161. The number of fused-ring (bicyclic) bond motifs is 1. The highest BCUT2D eigenvalue weighted by atomic mass is 79.9. The molecule has 2 saturated heterocycles. The average Bonchev–Trinajstić information content (AvgIpc) is 2.89. The van der Waals surface area contributed by atoms with Crippen molar-refractivity contribution in [3.05, 3.63) is 29.3 Å². The highest BCUT2D eigenvalue weighted by molar-refractivity contribution is 9.09. The quantitative estimate of drug-likeness (QED) is 0.222. The molecule has 2 aliphatic heterocycles. The summed E-state index contributed by atoms with van der Waals surface area (Å²) in [6.07, 6.45) is 7.02. The largest absolute Gasteiger partial charge is 0.369 e. The molecule has 10 heteroatoms. The van der Waals surface area contributed by atoms with Crippen molar-refractivity contribution < 1.29 is 9.59 Å². The fraction of sp³-hybridized carbons (Fsp3) is 0.667. The van der Waals surface area contributed by atoms with E-state index < -0.39 is 0 Å². The number of carbonyl (C=O) groups is 2. The van der Waals surface area contributed by atoms with Crippen LogP contribution in [0.3, 0.4) is 0 Å². The van der Waals surface area contributed by atoms with E-state index in [1.165, 1.54) is 5.69 Å². The van der Waals surface area contributed by atoms with Crippen molar-refractivity contribution >= 4 is 62.4 Å². The lowest BCUT2D eigenvalue weighted by atomic mass is 9.82. The summed E-state index contributed by atoms with van der Waals surface area (Å²) < 4.78 is 0. The van der Waals surface area contributed by atoms with Gasteiger partial charge in [-0.2, -0.15) is 0 Å². The lowest BCUT2D eigenvalue weighted by Crippen LogP contribution is -2.61. The highest BCUT2D eigenvalue weighted by Gasteiger charge is 2.42. The number of piperazine rings is 1. The molecule has 0 bridgehead atoms. The van der Waals surface area contributed by atoms with Gasteiger partial charge in [-0.3, -0.25) is 19.4 Å². The van der Waals surface area contributed by atoms with Crippen LogP contribution in [0.15, 0.2) is 24.3 Å². The molecule has 1 aromatic carbocycles. The Balaban J connectivity index is 1.03. The fourth-order valence-corrected chi connectivity index (χ4v) is 6.75.